The van der Waals surface area contributed by atoms with Gasteiger partial charge in [0.25, 0.3) is 0 Å². The smallest absolute Gasteiger partial charge is 0.232 e. The van der Waals surface area contributed by atoms with Gasteiger partial charge in [0, 0.05) is 30.8 Å². The number of ether oxygens (including phenoxy) is 1. The molecule has 0 fully saturated rings. The third-order valence-electron chi connectivity index (χ3n) is 5.17. The standard InChI is InChI=1S/C21H24FN7O3S/c1-24-21(23)29-8-4-3-7-27-33(29,30)13-15-9-14(5-6-16(15)22)19-10-17(28-32-19)18-11-26-20(31-2)12-25-18/h5-6,9-12H,3-4,7-8,13H2,1-2H3,(H2,23,24). The van der Waals surface area contributed by atoms with Crippen LogP contribution < -0.4 is 10.5 Å². The second-order valence-electron chi connectivity index (χ2n) is 7.32. The van der Waals surface area contributed by atoms with Crippen molar-refractivity contribution in [1.82, 2.24) is 19.4 Å². The van der Waals surface area contributed by atoms with Crippen LogP contribution in [0.25, 0.3) is 22.7 Å². The number of nitrogens with zero attached hydrogens (tertiary/aromatic N) is 6. The van der Waals surface area contributed by atoms with Crippen LogP contribution in [0.4, 0.5) is 4.39 Å². The Balaban J connectivity index is 1.65. The molecule has 0 spiro atoms. The minimum absolute atomic E-state index is 0.127. The molecule has 1 aliphatic rings. The highest BCUT2D eigenvalue weighted by atomic mass is 32.2. The molecule has 0 bridgehead atoms. The van der Waals surface area contributed by atoms with Crippen molar-refractivity contribution in [2.24, 2.45) is 15.1 Å². The van der Waals surface area contributed by atoms with Gasteiger partial charge in [0.1, 0.15) is 27.1 Å². The summed E-state index contributed by atoms with van der Waals surface area (Å²) in [4.78, 5) is 12.3. The van der Waals surface area contributed by atoms with Gasteiger partial charge < -0.3 is 15.0 Å². The molecule has 12 heteroatoms. The Morgan fingerprint density at radius 2 is 2.12 bits per heavy atom. The Labute approximate surface area is 191 Å². The molecule has 4 rings (SSSR count). The summed E-state index contributed by atoms with van der Waals surface area (Å²) in [5, 5.41) is 4.03. The Hall–Kier alpha value is -3.54. The van der Waals surface area contributed by atoms with Crippen LogP contribution in [0.15, 0.2) is 50.5 Å². The van der Waals surface area contributed by atoms with Gasteiger partial charge in [-0.1, -0.05) is 5.16 Å². The SMILES string of the molecule is C/N=C(/N)N1CCCCN=S1(=O)Cc1cc(-c2cc(-c3cnc(OC)cn3)no2)ccc1F. The van der Waals surface area contributed by atoms with Crippen molar-refractivity contribution in [3.05, 3.63) is 48.0 Å². The second-order valence-corrected chi connectivity index (χ2v) is 9.52. The molecule has 0 radical (unpaired) electrons. The Morgan fingerprint density at radius 3 is 2.85 bits per heavy atom. The number of halogens is 1. The quantitative estimate of drug-likeness (QED) is 0.445. The molecule has 0 amide bonds. The first-order chi connectivity index (χ1) is 15.9. The number of rotatable bonds is 5. The molecule has 1 atom stereocenters. The molecule has 3 aromatic rings. The summed E-state index contributed by atoms with van der Waals surface area (Å²) in [6, 6.07) is 6.14. The van der Waals surface area contributed by atoms with E-state index < -0.39 is 15.7 Å². The van der Waals surface area contributed by atoms with E-state index in [2.05, 4.69) is 24.5 Å². The summed E-state index contributed by atoms with van der Waals surface area (Å²) in [6.45, 7) is 0.864. The summed E-state index contributed by atoms with van der Waals surface area (Å²) in [5.41, 5.74) is 7.76. The molecule has 1 unspecified atom stereocenters. The Kier molecular flexibility index (Phi) is 6.54. The molecule has 33 heavy (non-hydrogen) atoms. The zero-order valence-corrected chi connectivity index (χ0v) is 19.1. The van der Waals surface area contributed by atoms with E-state index in [0.29, 0.717) is 41.7 Å². The van der Waals surface area contributed by atoms with Gasteiger partial charge in [-0.25, -0.2) is 22.9 Å². The lowest BCUT2D eigenvalue weighted by molar-refractivity contribution is 0.395. The van der Waals surface area contributed by atoms with Crippen molar-refractivity contribution in [2.75, 3.05) is 27.2 Å². The monoisotopic (exact) mass is 473 g/mol. The van der Waals surface area contributed by atoms with Crippen molar-refractivity contribution in [2.45, 2.75) is 18.6 Å². The van der Waals surface area contributed by atoms with Gasteiger partial charge in [-0.15, -0.1) is 0 Å². The van der Waals surface area contributed by atoms with Gasteiger partial charge in [0.05, 0.1) is 31.8 Å². The Bertz CT molecular complexity index is 1280. The van der Waals surface area contributed by atoms with Crippen molar-refractivity contribution in [3.8, 4) is 28.6 Å². The lowest BCUT2D eigenvalue weighted by Crippen LogP contribution is -2.42. The number of hydrogen-bond donors (Lipinski definition) is 1. The summed E-state index contributed by atoms with van der Waals surface area (Å²) < 4.78 is 44.8. The number of hydrogen-bond acceptors (Lipinski definition) is 8. The van der Waals surface area contributed by atoms with Crippen LogP contribution in [-0.4, -0.2) is 56.8 Å². The molecular formula is C21H24FN7O3S. The van der Waals surface area contributed by atoms with E-state index in [0.717, 1.165) is 12.8 Å². The molecule has 2 N–H and O–H groups in total. The summed E-state index contributed by atoms with van der Waals surface area (Å²) >= 11 is 0. The number of benzene rings is 1. The Morgan fingerprint density at radius 1 is 1.27 bits per heavy atom. The van der Waals surface area contributed by atoms with E-state index in [4.69, 9.17) is 15.0 Å². The van der Waals surface area contributed by atoms with Crippen LogP contribution >= 0.6 is 0 Å². The first kappa shape index (κ1) is 22.6. The number of nitrogens with two attached hydrogens (primary N) is 1. The fourth-order valence-electron chi connectivity index (χ4n) is 3.41. The molecule has 0 aliphatic carbocycles. The van der Waals surface area contributed by atoms with E-state index in [1.54, 1.807) is 18.2 Å². The van der Waals surface area contributed by atoms with E-state index >= 15 is 0 Å². The average molecular weight is 474 g/mol. The fourth-order valence-corrected chi connectivity index (χ4v) is 5.63. The van der Waals surface area contributed by atoms with E-state index in [-0.39, 0.29) is 17.3 Å². The van der Waals surface area contributed by atoms with Crippen LogP contribution in [0.1, 0.15) is 18.4 Å². The maximum Gasteiger partial charge on any atom is 0.232 e. The third kappa shape index (κ3) is 4.80. The minimum Gasteiger partial charge on any atom is -0.480 e. The van der Waals surface area contributed by atoms with Crippen molar-refractivity contribution in [3.63, 3.8) is 0 Å². The summed E-state index contributed by atoms with van der Waals surface area (Å²) in [6.07, 6.45) is 4.54. The molecular weight excluding hydrogens is 449 g/mol. The van der Waals surface area contributed by atoms with Gasteiger partial charge in [-0.05, 0) is 31.0 Å². The lowest BCUT2D eigenvalue weighted by atomic mass is 10.1. The van der Waals surface area contributed by atoms with E-state index in [1.165, 1.54) is 36.9 Å². The lowest BCUT2D eigenvalue weighted by Gasteiger charge is -2.25. The molecule has 10 nitrogen and oxygen atoms in total. The molecule has 2 aromatic heterocycles. The van der Waals surface area contributed by atoms with Crippen molar-refractivity contribution in [1.29, 1.82) is 0 Å². The minimum atomic E-state index is -3.01. The van der Waals surface area contributed by atoms with Crippen LogP contribution in [0, 0.1) is 5.82 Å². The predicted octanol–water partition coefficient (Wildman–Crippen LogP) is 2.87. The fraction of sp³-hybridized carbons (Fsp3) is 0.333. The van der Waals surface area contributed by atoms with Crippen molar-refractivity contribution < 1.29 is 17.9 Å². The normalized spacial score (nSPS) is 19.1. The third-order valence-corrected chi connectivity index (χ3v) is 7.51. The molecule has 0 saturated heterocycles. The molecule has 174 valence electrons. The van der Waals surface area contributed by atoms with Gasteiger partial charge in [0.2, 0.25) is 11.8 Å². The van der Waals surface area contributed by atoms with Crippen LogP contribution in [0.5, 0.6) is 5.88 Å². The van der Waals surface area contributed by atoms with Crippen LogP contribution in [-0.2, 0) is 15.7 Å². The maximum atomic E-state index is 14.7. The summed E-state index contributed by atoms with van der Waals surface area (Å²) in [7, 11) is 0.0149. The highest BCUT2D eigenvalue weighted by Crippen LogP contribution is 2.28. The summed E-state index contributed by atoms with van der Waals surface area (Å²) in [5.74, 6) is 0.291. The molecule has 1 aromatic carbocycles. The largest absolute Gasteiger partial charge is 0.480 e. The van der Waals surface area contributed by atoms with E-state index in [9.17, 15) is 8.60 Å². The number of aliphatic imine (C=N–C) groups is 1. The topological polar surface area (TPSA) is 132 Å². The van der Waals surface area contributed by atoms with E-state index in [1.807, 2.05) is 0 Å². The number of aromatic nitrogens is 3. The molecule has 3 heterocycles. The predicted molar refractivity (Wildman–Crippen MR) is 122 cm³/mol. The number of guanidine groups is 1. The maximum absolute atomic E-state index is 14.7. The average Bonchev–Trinajstić information content (AvgIpc) is 3.24. The highest BCUT2D eigenvalue weighted by Gasteiger charge is 2.26. The van der Waals surface area contributed by atoms with Gasteiger partial charge in [0.15, 0.2) is 5.76 Å². The number of methoxy groups -OCH3 is 1. The highest BCUT2D eigenvalue weighted by molar-refractivity contribution is 7.91. The molecule has 1 aliphatic heterocycles. The van der Waals surface area contributed by atoms with Gasteiger partial charge in [-0.2, -0.15) is 0 Å². The van der Waals surface area contributed by atoms with Gasteiger partial charge >= 0.3 is 0 Å². The van der Waals surface area contributed by atoms with Gasteiger partial charge in [-0.3, -0.25) is 9.30 Å². The van der Waals surface area contributed by atoms with Crippen molar-refractivity contribution >= 4 is 15.9 Å². The second kappa shape index (κ2) is 9.53. The first-order valence-corrected chi connectivity index (χ1v) is 11.9. The molecule has 0 saturated carbocycles. The first-order valence-electron chi connectivity index (χ1n) is 10.3. The van der Waals surface area contributed by atoms with Crippen LogP contribution in [0.2, 0.25) is 0 Å². The van der Waals surface area contributed by atoms with Crippen LogP contribution in [0.3, 0.4) is 0 Å². The zero-order chi connectivity index (χ0) is 23.4. The zero-order valence-electron chi connectivity index (χ0n) is 18.3.